The predicted octanol–water partition coefficient (Wildman–Crippen LogP) is 0.220. The Balaban J connectivity index is 2.29. The molecule has 1 aromatic heterocycles. The van der Waals surface area contributed by atoms with Crippen LogP contribution in [0.4, 0.5) is 0 Å². The molecule has 1 amide bonds. The number of nitrogens with one attached hydrogen (secondary N) is 1. The molecular formula is C10H16N4O. The van der Waals surface area contributed by atoms with Crippen molar-refractivity contribution < 1.29 is 4.79 Å². The molecule has 0 aromatic carbocycles. The Morgan fingerprint density at radius 2 is 2.47 bits per heavy atom. The number of amides is 1. The van der Waals surface area contributed by atoms with Gasteiger partial charge in [0.25, 0.3) is 0 Å². The minimum atomic E-state index is -0.0631. The smallest absolute Gasteiger partial charge is 0.221 e. The van der Waals surface area contributed by atoms with Crippen molar-refractivity contribution in [2.45, 2.75) is 32.4 Å². The number of hydrogen-bond donors (Lipinski definition) is 2. The van der Waals surface area contributed by atoms with Gasteiger partial charge in [-0.15, -0.1) is 0 Å². The molecule has 1 rings (SSSR count). The molecule has 0 spiro atoms. The van der Waals surface area contributed by atoms with E-state index in [1.807, 2.05) is 13.0 Å². The van der Waals surface area contributed by atoms with Gasteiger partial charge >= 0.3 is 0 Å². The molecule has 0 bridgehead atoms. The minimum Gasteiger partial charge on any atom is -0.350 e. The van der Waals surface area contributed by atoms with E-state index in [1.54, 1.807) is 12.3 Å². The highest BCUT2D eigenvalue weighted by molar-refractivity contribution is 5.76. The first-order valence-electron chi connectivity index (χ1n) is 5.01. The second kappa shape index (κ2) is 6.08. The molecule has 0 fully saturated rings. The Labute approximate surface area is 89.1 Å². The monoisotopic (exact) mass is 208 g/mol. The first-order valence-corrected chi connectivity index (χ1v) is 5.01. The lowest BCUT2D eigenvalue weighted by atomic mass is 10.1. The average Bonchev–Trinajstić information content (AvgIpc) is 2.27. The van der Waals surface area contributed by atoms with Crippen LogP contribution in [0.25, 0.3) is 0 Å². The van der Waals surface area contributed by atoms with Crippen molar-refractivity contribution in [2.75, 3.05) is 0 Å². The molecule has 82 valence electrons. The number of rotatable bonds is 5. The first kappa shape index (κ1) is 11.6. The molecule has 0 saturated carbocycles. The second-order valence-corrected chi connectivity index (χ2v) is 3.36. The molecule has 15 heavy (non-hydrogen) atoms. The van der Waals surface area contributed by atoms with Crippen molar-refractivity contribution in [3.05, 3.63) is 24.0 Å². The van der Waals surface area contributed by atoms with Crippen molar-refractivity contribution in [1.29, 1.82) is 0 Å². The van der Waals surface area contributed by atoms with Crippen molar-refractivity contribution in [3.63, 3.8) is 0 Å². The molecule has 1 aromatic rings. The van der Waals surface area contributed by atoms with E-state index < -0.39 is 0 Å². The van der Waals surface area contributed by atoms with Gasteiger partial charge in [-0.25, -0.2) is 0 Å². The number of aromatic nitrogens is 2. The molecular weight excluding hydrogens is 192 g/mol. The van der Waals surface area contributed by atoms with E-state index in [4.69, 9.17) is 5.73 Å². The van der Waals surface area contributed by atoms with Gasteiger partial charge in [-0.2, -0.15) is 10.2 Å². The van der Waals surface area contributed by atoms with Gasteiger partial charge in [0.1, 0.15) is 0 Å². The van der Waals surface area contributed by atoms with E-state index >= 15 is 0 Å². The maximum Gasteiger partial charge on any atom is 0.221 e. The Morgan fingerprint density at radius 3 is 3.07 bits per heavy atom. The van der Waals surface area contributed by atoms with E-state index in [-0.39, 0.29) is 11.9 Å². The topological polar surface area (TPSA) is 80.9 Å². The van der Waals surface area contributed by atoms with Crippen LogP contribution in [0.15, 0.2) is 18.3 Å². The molecule has 1 unspecified atom stereocenters. The van der Waals surface area contributed by atoms with Gasteiger partial charge in [0.2, 0.25) is 5.91 Å². The quantitative estimate of drug-likeness (QED) is 0.725. The maximum absolute atomic E-state index is 11.3. The highest BCUT2D eigenvalue weighted by Gasteiger charge is 2.07. The SMILES string of the molecule is CCC(N)CC(=O)NCc1cccnn1. The summed E-state index contributed by atoms with van der Waals surface area (Å²) in [6.07, 6.45) is 2.76. The lowest BCUT2D eigenvalue weighted by Crippen LogP contribution is -2.31. The summed E-state index contributed by atoms with van der Waals surface area (Å²) in [5.41, 5.74) is 6.40. The van der Waals surface area contributed by atoms with Gasteiger partial charge in [-0.05, 0) is 18.6 Å². The summed E-state index contributed by atoms with van der Waals surface area (Å²) in [6.45, 7) is 2.36. The van der Waals surface area contributed by atoms with Crippen molar-refractivity contribution in [1.82, 2.24) is 15.5 Å². The lowest BCUT2D eigenvalue weighted by molar-refractivity contribution is -0.121. The summed E-state index contributed by atoms with van der Waals surface area (Å²) in [5, 5.41) is 10.3. The lowest BCUT2D eigenvalue weighted by Gasteiger charge is -2.08. The van der Waals surface area contributed by atoms with Crippen LogP contribution in [-0.4, -0.2) is 22.1 Å². The van der Waals surface area contributed by atoms with Crippen LogP contribution < -0.4 is 11.1 Å². The van der Waals surface area contributed by atoms with Crippen LogP contribution in [0.1, 0.15) is 25.5 Å². The highest BCUT2D eigenvalue weighted by Crippen LogP contribution is 1.94. The zero-order valence-electron chi connectivity index (χ0n) is 8.81. The minimum absolute atomic E-state index is 0.0463. The van der Waals surface area contributed by atoms with E-state index in [2.05, 4.69) is 15.5 Å². The van der Waals surface area contributed by atoms with Crippen LogP contribution in [0, 0.1) is 0 Å². The molecule has 5 nitrogen and oxygen atoms in total. The van der Waals surface area contributed by atoms with Gasteiger partial charge in [-0.3, -0.25) is 4.79 Å². The van der Waals surface area contributed by atoms with Gasteiger partial charge in [0.15, 0.2) is 0 Å². The Morgan fingerprint density at radius 1 is 1.67 bits per heavy atom. The molecule has 1 heterocycles. The highest BCUT2D eigenvalue weighted by atomic mass is 16.1. The third-order valence-corrected chi connectivity index (χ3v) is 2.07. The molecule has 3 N–H and O–H groups in total. The molecule has 0 radical (unpaired) electrons. The summed E-state index contributed by atoms with van der Waals surface area (Å²) in [5.74, 6) is -0.0463. The molecule has 5 heteroatoms. The van der Waals surface area contributed by atoms with Crippen LogP contribution >= 0.6 is 0 Å². The van der Waals surface area contributed by atoms with Crippen LogP contribution in [0.3, 0.4) is 0 Å². The normalized spacial score (nSPS) is 12.1. The Bertz CT molecular complexity index is 302. The fourth-order valence-corrected chi connectivity index (χ4v) is 1.07. The van der Waals surface area contributed by atoms with Crippen molar-refractivity contribution in [3.8, 4) is 0 Å². The van der Waals surface area contributed by atoms with Gasteiger partial charge in [0, 0.05) is 18.7 Å². The third kappa shape index (κ3) is 4.51. The summed E-state index contributed by atoms with van der Waals surface area (Å²) in [6, 6.07) is 3.53. The van der Waals surface area contributed by atoms with Gasteiger partial charge in [0.05, 0.1) is 12.2 Å². The zero-order chi connectivity index (χ0) is 11.1. The van der Waals surface area contributed by atoms with E-state index in [1.165, 1.54) is 0 Å². The Kier molecular flexibility index (Phi) is 4.70. The Hall–Kier alpha value is -1.49. The zero-order valence-corrected chi connectivity index (χ0v) is 8.81. The van der Waals surface area contributed by atoms with Crippen LogP contribution in [0.2, 0.25) is 0 Å². The van der Waals surface area contributed by atoms with Crippen molar-refractivity contribution in [2.24, 2.45) is 5.73 Å². The van der Waals surface area contributed by atoms with Crippen LogP contribution in [0.5, 0.6) is 0 Å². The van der Waals surface area contributed by atoms with Crippen LogP contribution in [-0.2, 0) is 11.3 Å². The predicted molar refractivity (Wildman–Crippen MR) is 56.8 cm³/mol. The van der Waals surface area contributed by atoms with Gasteiger partial charge < -0.3 is 11.1 Å². The molecule has 0 aliphatic rings. The van der Waals surface area contributed by atoms with Gasteiger partial charge in [-0.1, -0.05) is 6.92 Å². The molecule has 0 aliphatic heterocycles. The van der Waals surface area contributed by atoms with E-state index in [0.717, 1.165) is 12.1 Å². The number of carbonyl (C=O) groups excluding carboxylic acids is 1. The summed E-state index contributed by atoms with van der Waals surface area (Å²) in [4.78, 5) is 11.3. The molecule has 0 aliphatic carbocycles. The number of carbonyl (C=O) groups is 1. The number of nitrogens with two attached hydrogens (primary N) is 1. The number of nitrogens with zero attached hydrogens (tertiary/aromatic N) is 2. The first-order chi connectivity index (χ1) is 7.22. The largest absolute Gasteiger partial charge is 0.350 e. The number of hydrogen-bond acceptors (Lipinski definition) is 4. The fraction of sp³-hybridized carbons (Fsp3) is 0.500. The summed E-state index contributed by atoms with van der Waals surface area (Å²) < 4.78 is 0. The standard InChI is InChI=1S/C10H16N4O/c1-2-8(11)6-10(15)12-7-9-4-3-5-13-14-9/h3-5,8H,2,6-7,11H2,1H3,(H,12,15). The summed E-state index contributed by atoms with van der Waals surface area (Å²) >= 11 is 0. The second-order valence-electron chi connectivity index (χ2n) is 3.36. The average molecular weight is 208 g/mol. The molecule has 0 saturated heterocycles. The molecule has 1 atom stereocenters. The fourth-order valence-electron chi connectivity index (χ4n) is 1.07. The third-order valence-electron chi connectivity index (χ3n) is 2.07. The van der Waals surface area contributed by atoms with E-state index in [0.29, 0.717) is 13.0 Å². The summed E-state index contributed by atoms with van der Waals surface area (Å²) in [7, 11) is 0. The van der Waals surface area contributed by atoms with Crippen molar-refractivity contribution >= 4 is 5.91 Å². The van der Waals surface area contributed by atoms with E-state index in [9.17, 15) is 4.79 Å². The maximum atomic E-state index is 11.3.